The fraction of sp³-hybridized carbons (Fsp3) is 0.583. The molecule has 0 unspecified atom stereocenters. The van der Waals surface area contributed by atoms with Gasteiger partial charge >= 0.3 is 0 Å². The molecule has 2 rings (SSSR count). The third-order valence-corrected chi connectivity index (χ3v) is 2.97. The van der Waals surface area contributed by atoms with Gasteiger partial charge in [0.15, 0.2) is 0 Å². The van der Waals surface area contributed by atoms with Crippen LogP contribution in [0.3, 0.4) is 0 Å². The van der Waals surface area contributed by atoms with Crippen LogP contribution in [0.1, 0.15) is 44.3 Å². The van der Waals surface area contributed by atoms with Gasteiger partial charge in [-0.1, -0.05) is 18.9 Å². The Hall–Kier alpha value is -0.890. The van der Waals surface area contributed by atoms with E-state index in [0.717, 1.165) is 5.69 Å². The highest BCUT2D eigenvalue weighted by Crippen LogP contribution is 2.20. The summed E-state index contributed by atoms with van der Waals surface area (Å²) in [6.45, 7) is 2.20. The van der Waals surface area contributed by atoms with E-state index in [1.54, 1.807) is 0 Å². The maximum Gasteiger partial charge on any atom is 0.0570 e. The Morgan fingerprint density at radius 1 is 1.36 bits per heavy atom. The lowest BCUT2D eigenvalue weighted by molar-refractivity contribution is 0.455. The number of nitrogens with zero attached hydrogens (tertiary/aromatic N) is 1. The first-order valence-electron chi connectivity index (χ1n) is 5.53. The monoisotopic (exact) mass is 190 g/mol. The molecule has 0 spiro atoms. The summed E-state index contributed by atoms with van der Waals surface area (Å²) >= 11 is 0. The zero-order valence-electron chi connectivity index (χ0n) is 8.74. The maximum absolute atomic E-state index is 4.36. The van der Waals surface area contributed by atoms with Gasteiger partial charge in [-0.2, -0.15) is 0 Å². The van der Waals surface area contributed by atoms with Crippen molar-refractivity contribution >= 4 is 0 Å². The fourth-order valence-corrected chi connectivity index (χ4v) is 2.16. The lowest BCUT2D eigenvalue weighted by atomic mass is 10.1. The van der Waals surface area contributed by atoms with Crippen molar-refractivity contribution in [2.45, 2.75) is 44.7 Å². The minimum absolute atomic E-state index is 0.388. The summed E-state index contributed by atoms with van der Waals surface area (Å²) in [5.41, 5.74) is 1.15. The Morgan fingerprint density at radius 3 is 2.79 bits per heavy atom. The van der Waals surface area contributed by atoms with Gasteiger partial charge in [0.2, 0.25) is 0 Å². The average Bonchev–Trinajstić information content (AvgIpc) is 2.72. The first kappa shape index (κ1) is 9.66. The largest absolute Gasteiger partial charge is 0.306 e. The average molecular weight is 190 g/mol. The van der Waals surface area contributed by atoms with E-state index < -0.39 is 0 Å². The van der Waals surface area contributed by atoms with Crippen LogP contribution in [0.4, 0.5) is 0 Å². The molecule has 76 valence electrons. The van der Waals surface area contributed by atoms with Gasteiger partial charge in [0.05, 0.1) is 5.69 Å². The predicted molar refractivity (Wildman–Crippen MR) is 58.0 cm³/mol. The van der Waals surface area contributed by atoms with Crippen molar-refractivity contribution in [2.75, 3.05) is 0 Å². The molecular formula is C12H18N2. The van der Waals surface area contributed by atoms with Gasteiger partial charge in [-0.15, -0.1) is 0 Å². The van der Waals surface area contributed by atoms with Gasteiger partial charge in [-0.3, -0.25) is 4.98 Å². The van der Waals surface area contributed by atoms with Crippen LogP contribution in [-0.2, 0) is 0 Å². The fourth-order valence-electron chi connectivity index (χ4n) is 2.16. The van der Waals surface area contributed by atoms with Crippen molar-refractivity contribution in [2.24, 2.45) is 0 Å². The second-order valence-electron chi connectivity index (χ2n) is 4.12. The van der Waals surface area contributed by atoms with Crippen molar-refractivity contribution in [3.8, 4) is 0 Å². The molecule has 1 aromatic heterocycles. The Morgan fingerprint density at radius 2 is 2.14 bits per heavy atom. The molecule has 1 fully saturated rings. The van der Waals surface area contributed by atoms with Crippen LogP contribution in [-0.4, -0.2) is 11.0 Å². The minimum Gasteiger partial charge on any atom is -0.306 e. The summed E-state index contributed by atoms with van der Waals surface area (Å²) in [5, 5.41) is 3.63. The van der Waals surface area contributed by atoms with E-state index in [0.29, 0.717) is 12.1 Å². The summed E-state index contributed by atoms with van der Waals surface area (Å²) < 4.78 is 0. The molecule has 1 N–H and O–H groups in total. The Labute approximate surface area is 85.7 Å². The van der Waals surface area contributed by atoms with E-state index in [9.17, 15) is 0 Å². The van der Waals surface area contributed by atoms with E-state index in [4.69, 9.17) is 0 Å². The van der Waals surface area contributed by atoms with Crippen molar-refractivity contribution in [1.82, 2.24) is 10.3 Å². The number of rotatable bonds is 3. The summed E-state index contributed by atoms with van der Waals surface area (Å²) in [7, 11) is 0. The second kappa shape index (κ2) is 4.56. The van der Waals surface area contributed by atoms with Gasteiger partial charge < -0.3 is 5.32 Å². The minimum atomic E-state index is 0.388. The summed E-state index contributed by atoms with van der Waals surface area (Å²) in [6.07, 6.45) is 7.29. The second-order valence-corrected chi connectivity index (χ2v) is 4.12. The third-order valence-electron chi connectivity index (χ3n) is 2.97. The SMILES string of the molecule is C[C@H](NC1CCCC1)c1ccccn1. The molecule has 0 bridgehead atoms. The Bertz CT molecular complexity index is 265. The van der Waals surface area contributed by atoms with Gasteiger partial charge in [-0.05, 0) is 31.9 Å². The topological polar surface area (TPSA) is 24.9 Å². The normalized spacial score (nSPS) is 19.8. The molecule has 1 saturated carbocycles. The zero-order chi connectivity index (χ0) is 9.80. The number of hydrogen-bond donors (Lipinski definition) is 1. The number of aromatic nitrogens is 1. The summed E-state index contributed by atoms with van der Waals surface area (Å²) in [5.74, 6) is 0. The molecule has 0 aliphatic heterocycles. The lowest BCUT2D eigenvalue weighted by Gasteiger charge is -2.18. The molecule has 0 saturated heterocycles. The van der Waals surface area contributed by atoms with Crippen LogP contribution in [0.25, 0.3) is 0 Å². The Balaban J connectivity index is 1.92. The van der Waals surface area contributed by atoms with Gasteiger partial charge in [0, 0.05) is 18.3 Å². The molecule has 2 heteroatoms. The van der Waals surface area contributed by atoms with E-state index in [1.165, 1.54) is 25.7 Å². The van der Waals surface area contributed by atoms with Crippen molar-refractivity contribution in [3.05, 3.63) is 30.1 Å². The van der Waals surface area contributed by atoms with Crippen LogP contribution in [0.2, 0.25) is 0 Å². The number of pyridine rings is 1. The third kappa shape index (κ3) is 2.32. The zero-order valence-corrected chi connectivity index (χ0v) is 8.74. The first-order chi connectivity index (χ1) is 6.86. The highest BCUT2D eigenvalue weighted by atomic mass is 15.0. The van der Waals surface area contributed by atoms with Crippen molar-refractivity contribution in [3.63, 3.8) is 0 Å². The molecule has 0 amide bonds. The maximum atomic E-state index is 4.36. The lowest BCUT2D eigenvalue weighted by Crippen LogP contribution is -2.29. The van der Waals surface area contributed by atoms with Crippen LogP contribution in [0.15, 0.2) is 24.4 Å². The summed E-state index contributed by atoms with van der Waals surface area (Å²) in [6, 6.07) is 7.21. The standard InChI is InChI=1S/C12H18N2/c1-10(12-8-4-5-9-13-12)14-11-6-2-3-7-11/h4-5,8-11,14H,2-3,6-7H2,1H3/t10-/m0/s1. The van der Waals surface area contributed by atoms with Crippen LogP contribution < -0.4 is 5.32 Å². The molecule has 0 radical (unpaired) electrons. The first-order valence-corrected chi connectivity index (χ1v) is 5.53. The van der Waals surface area contributed by atoms with E-state index in [-0.39, 0.29) is 0 Å². The van der Waals surface area contributed by atoms with Crippen LogP contribution >= 0.6 is 0 Å². The van der Waals surface area contributed by atoms with Gasteiger partial charge in [-0.25, -0.2) is 0 Å². The molecule has 14 heavy (non-hydrogen) atoms. The van der Waals surface area contributed by atoms with E-state index in [2.05, 4.69) is 29.4 Å². The molecule has 1 atom stereocenters. The molecule has 1 heterocycles. The molecule has 1 aliphatic carbocycles. The Kier molecular flexibility index (Phi) is 3.14. The van der Waals surface area contributed by atoms with Crippen LogP contribution in [0.5, 0.6) is 0 Å². The predicted octanol–water partition coefficient (Wildman–Crippen LogP) is 2.67. The number of hydrogen-bond acceptors (Lipinski definition) is 2. The van der Waals surface area contributed by atoms with Crippen LogP contribution in [0, 0.1) is 0 Å². The molecule has 2 nitrogen and oxygen atoms in total. The molecule has 0 aromatic carbocycles. The highest BCUT2D eigenvalue weighted by molar-refractivity contribution is 5.07. The molecule has 1 aromatic rings. The van der Waals surface area contributed by atoms with Crippen molar-refractivity contribution in [1.29, 1.82) is 0 Å². The molecule has 1 aliphatic rings. The summed E-state index contributed by atoms with van der Waals surface area (Å²) in [4.78, 5) is 4.36. The van der Waals surface area contributed by atoms with Crippen molar-refractivity contribution < 1.29 is 0 Å². The molecular weight excluding hydrogens is 172 g/mol. The van der Waals surface area contributed by atoms with Gasteiger partial charge in [0.1, 0.15) is 0 Å². The van der Waals surface area contributed by atoms with E-state index in [1.807, 2.05) is 12.3 Å². The number of nitrogens with one attached hydrogen (secondary N) is 1. The highest BCUT2D eigenvalue weighted by Gasteiger charge is 2.17. The quantitative estimate of drug-likeness (QED) is 0.792. The smallest absolute Gasteiger partial charge is 0.0570 e. The van der Waals surface area contributed by atoms with E-state index >= 15 is 0 Å². The van der Waals surface area contributed by atoms with Gasteiger partial charge in [0.25, 0.3) is 0 Å².